The number of ether oxygens (including phenoxy) is 1. The quantitative estimate of drug-likeness (QED) is 0.748. The number of hydrogen-bond donors (Lipinski definition) is 2. The van der Waals surface area contributed by atoms with Gasteiger partial charge in [-0.05, 0) is 24.3 Å². The Labute approximate surface area is 121 Å². The molecule has 0 radical (unpaired) electrons. The number of nitrogens with one attached hydrogen (secondary N) is 1. The van der Waals surface area contributed by atoms with Crippen LogP contribution in [0.3, 0.4) is 0 Å². The second kappa shape index (κ2) is 6.06. The van der Waals surface area contributed by atoms with Crippen LogP contribution in [0.4, 0.5) is 11.7 Å². The highest BCUT2D eigenvalue weighted by Crippen LogP contribution is 2.25. The molecule has 0 bridgehead atoms. The predicted octanol–water partition coefficient (Wildman–Crippen LogP) is 3.06. The lowest BCUT2D eigenvalue weighted by Gasteiger charge is -2.07. The Morgan fingerprint density at radius 3 is 2.57 bits per heavy atom. The Morgan fingerprint density at radius 1 is 1.00 bits per heavy atom. The van der Waals surface area contributed by atoms with E-state index in [1.54, 1.807) is 0 Å². The Balaban J connectivity index is 1.73. The van der Waals surface area contributed by atoms with Crippen molar-refractivity contribution in [2.24, 2.45) is 5.73 Å². The monoisotopic (exact) mass is 282 g/mol. The van der Waals surface area contributed by atoms with Gasteiger partial charge in [-0.1, -0.05) is 29.4 Å². The van der Waals surface area contributed by atoms with E-state index in [2.05, 4.69) is 15.5 Å². The van der Waals surface area contributed by atoms with Crippen molar-refractivity contribution in [1.29, 1.82) is 0 Å². The van der Waals surface area contributed by atoms with E-state index in [4.69, 9.17) is 14.9 Å². The summed E-state index contributed by atoms with van der Waals surface area (Å²) < 4.78 is 11.1. The minimum Gasteiger partial charge on any atom is -0.457 e. The van der Waals surface area contributed by atoms with Crippen LogP contribution >= 0.6 is 0 Å². The van der Waals surface area contributed by atoms with Crippen LogP contribution in [0.25, 0.3) is 0 Å². The smallest absolute Gasteiger partial charge is 0.320 e. The lowest BCUT2D eigenvalue weighted by molar-refractivity contribution is 0.483. The van der Waals surface area contributed by atoms with Crippen LogP contribution in [0.5, 0.6) is 11.5 Å². The molecule has 0 saturated carbocycles. The van der Waals surface area contributed by atoms with Crippen molar-refractivity contribution < 1.29 is 9.15 Å². The highest BCUT2D eigenvalue weighted by molar-refractivity contribution is 5.55. The summed E-state index contributed by atoms with van der Waals surface area (Å²) >= 11 is 0. The number of hydrogen-bond acceptors (Lipinski definition) is 6. The molecule has 3 aromatic rings. The fraction of sp³-hybridized carbons (Fsp3) is 0.0667. The van der Waals surface area contributed by atoms with Crippen molar-refractivity contribution in [3.8, 4) is 11.5 Å². The predicted molar refractivity (Wildman–Crippen MR) is 78.4 cm³/mol. The van der Waals surface area contributed by atoms with Crippen LogP contribution in [0.15, 0.2) is 59.0 Å². The van der Waals surface area contributed by atoms with E-state index >= 15 is 0 Å². The average Bonchev–Trinajstić information content (AvgIpc) is 2.96. The molecule has 1 heterocycles. The van der Waals surface area contributed by atoms with Crippen LogP contribution in [-0.2, 0) is 6.54 Å². The van der Waals surface area contributed by atoms with Gasteiger partial charge in [-0.2, -0.15) is 0 Å². The zero-order valence-electron chi connectivity index (χ0n) is 11.2. The van der Waals surface area contributed by atoms with E-state index in [1.165, 1.54) is 0 Å². The molecule has 0 spiro atoms. The third kappa shape index (κ3) is 3.37. The molecule has 3 rings (SSSR count). The van der Waals surface area contributed by atoms with Crippen molar-refractivity contribution in [3.63, 3.8) is 0 Å². The lowest BCUT2D eigenvalue weighted by Crippen LogP contribution is -1.95. The largest absolute Gasteiger partial charge is 0.457 e. The number of rotatable bonds is 5. The number of nitrogens with two attached hydrogens (primary N) is 1. The summed E-state index contributed by atoms with van der Waals surface area (Å²) in [5.41, 5.74) is 6.21. The molecule has 0 aliphatic carbocycles. The highest BCUT2D eigenvalue weighted by atomic mass is 16.5. The summed E-state index contributed by atoms with van der Waals surface area (Å²) in [6, 6.07) is 17.3. The Morgan fingerprint density at radius 2 is 1.81 bits per heavy atom. The second-order valence-electron chi connectivity index (χ2n) is 4.27. The van der Waals surface area contributed by atoms with Gasteiger partial charge >= 0.3 is 6.01 Å². The molecule has 21 heavy (non-hydrogen) atoms. The van der Waals surface area contributed by atoms with Gasteiger partial charge in [-0.15, -0.1) is 5.10 Å². The summed E-state index contributed by atoms with van der Waals surface area (Å²) in [6.07, 6.45) is 0. The minimum atomic E-state index is 0.214. The molecule has 0 fully saturated rings. The van der Waals surface area contributed by atoms with Crippen molar-refractivity contribution in [2.75, 3.05) is 5.32 Å². The van der Waals surface area contributed by atoms with E-state index in [-0.39, 0.29) is 6.54 Å². The van der Waals surface area contributed by atoms with Crippen molar-refractivity contribution in [3.05, 3.63) is 60.5 Å². The highest BCUT2D eigenvalue weighted by Gasteiger charge is 2.05. The van der Waals surface area contributed by atoms with Crippen LogP contribution in [0, 0.1) is 0 Å². The number of nitrogens with zero attached hydrogens (tertiary/aromatic N) is 2. The molecule has 2 aromatic carbocycles. The topological polar surface area (TPSA) is 86.2 Å². The molecule has 0 unspecified atom stereocenters. The van der Waals surface area contributed by atoms with E-state index in [0.29, 0.717) is 17.7 Å². The molecular weight excluding hydrogens is 268 g/mol. The third-order valence-electron chi connectivity index (χ3n) is 2.71. The normalized spacial score (nSPS) is 10.3. The fourth-order valence-corrected chi connectivity index (χ4v) is 1.77. The summed E-state index contributed by atoms with van der Waals surface area (Å²) in [7, 11) is 0. The molecule has 106 valence electrons. The van der Waals surface area contributed by atoms with Crippen LogP contribution in [0.1, 0.15) is 5.89 Å². The van der Waals surface area contributed by atoms with Gasteiger partial charge in [0.2, 0.25) is 5.89 Å². The van der Waals surface area contributed by atoms with Gasteiger partial charge in [-0.3, -0.25) is 0 Å². The number of anilines is 2. The van der Waals surface area contributed by atoms with Gasteiger partial charge in [-0.25, -0.2) is 0 Å². The maximum Gasteiger partial charge on any atom is 0.320 e. The van der Waals surface area contributed by atoms with Crippen molar-refractivity contribution >= 4 is 11.7 Å². The lowest BCUT2D eigenvalue weighted by atomic mass is 10.3. The van der Waals surface area contributed by atoms with E-state index in [9.17, 15) is 0 Å². The van der Waals surface area contributed by atoms with Crippen molar-refractivity contribution in [1.82, 2.24) is 10.2 Å². The van der Waals surface area contributed by atoms with Gasteiger partial charge < -0.3 is 20.2 Å². The third-order valence-corrected chi connectivity index (χ3v) is 2.71. The van der Waals surface area contributed by atoms with E-state index in [0.717, 1.165) is 11.4 Å². The van der Waals surface area contributed by atoms with E-state index < -0.39 is 0 Å². The SMILES string of the molecule is NCc1nnc(Nc2cccc(Oc3ccccc3)c2)o1. The van der Waals surface area contributed by atoms with Gasteiger partial charge in [0.1, 0.15) is 11.5 Å². The fourth-order valence-electron chi connectivity index (χ4n) is 1.77. The molecule has 0 saturated heterocycles. The van der Waals surface area contributed by atoms with E-state index in [1.807, 2.05) is 54.6 Å². The first-order valence-corrected chi connectivity index (χ1v) is 6.46. The first-order chi connectivity index (χ1) is 10.3. The van der Waals surface area contributed by atoms with Crippen LogP contribution in [-0.4, -0.2) is 10.2 Å². The summed E-state index contributed by atoms with van der Waals surface area (Å²) in [5, 5.41) is 10.6. The first-order valence-electron chi connectivity index (χ1n) is 6.46. The average molecular weight is 282 g/mol. The maximum atomic E-state index is 5.76. The molecule has 6 heteroatoms. The molecule has 0 aliphatic heterocycles. The molecule has 0 aliphatic rings. The van der Waals surface area contributed by atoms with Crippen molar-refractivity contribution in [2.45, 2.75) is 6.54 Å². The molecule has 3 N–H and O–H groups in total. The molecule has 0 atom stereocenters. The van der Waals surface area contributed by atoms with Gasteiger partial charge in [0, 0.05) is 11.8 Å². The Hall–Kier alpha value is -2.86. The Kier molecular flexibility index (Phi) is 3.79. The Bertz CT molecular complexity index is 712. The molecular formula is C15H14N4O2. The zero-order valence-corrected chi connectivity index (χ0v) is 11.2. The second-order valence-corrected chi connectivity index (χ2v) is 4.27. The van der Waals surface area contributed by atoms with Crippen LogP contribution < -0.4 is 15.8 Å². The molecule has 1 aromatic heterocycles. The maximum absolute atomic E-state index is 5.76. The molecule has 6 nitrogen and oxygen atoms in total. The van der Waals surface area contributed by atoms with Gasteiger partial charge in [0.25, 0.3) is 0 Å². The molecule has 0 amide bonds. The minimum absolute atomic E-state index is 0.214. The number of para-hydroxylation sites is 1. The van der Waals surface area contributed by atoms with Crippen LogP contribution in [0.2, 0.25) is 0 Å². The summed E-state index contributed by atoms with van der Waals surface area (Å²) in [6.45, 7) is 0.214. The summed E-state index contributed by atoms with van der Waals surface area (Å²) in [4.78, 5) is 0. The number of aromatic nitrogens is 2. The zero-order chi connectivity index (χ0) is 14.5. The first kappa shape index (κ1) is 13.1. The standard InChI is InChI=1S/C15H14N4O2/c16-10-14-18-19-15(21-14)17-11-5-4-8-13(9-11)20-12-6-2-1-3-7-12/h1-9H,10,16H2,(H,17,19). The van der Waals surface area contributed by atoms with Gasteiger partial charge in [0.15, 0.2) is 0 Å². The van der Waals surface area contributed by atoms with Gasteiger partial charge in [0.05, 0.1) is 6.54 Å². The summed E-state index contributed by atoms with van der Waals surface area (Å²) in [5.74, 6) is 1.87. The number of benzene rings is 2.